The highest BCUT2D eigenvalue weighted by Crippen LogP contribution is 2.59. The highest BCUT2D eigenvalue weighted by molar-refractivity contribution is 9.10. The minimum Gasteiger partial charge on any atom is -0.383 e. The quantitative estimate of drug-likeness (QED) is 0.373. The van der Waals surface area contributed by atoms with Crippen LogP contribution in [0.4, 0.5) is 11.6 Å². The number of likely N-dealkylation sites (tertiary alicyclic amines) is 1. The molecule has 9 nitrogen and oxygen atoms in total. The first-order valence-corrected chi connectivity index (χ1v) is 12.7. The first kappa shape index (κ1) is 22.9. The normalized spacial score (nSPS) is 22.7. The number of rotatable bonds is 4. The van der Waals surface area contributed by atoms with Gasteiger partial charge in [-0.3, -0.25) is 9.59 Å². The number of carbonyl (C=O) groups excluding carboxylic acids is 2. The van der Waals surface area contributed by atoms with Gasteiger partial charge in [-0.25, -0.2) is 15.0 Å². The van der Waals surface area contributed by atoms with E-state index < -0.39 is 6.04 Å². The Morgan fingerprint density at radius 1 is 1.22 bits per heavy atom. The number of nitrogens with two attached hydrogens (primary N) is 1. The standard InChI is InChI=1S/C26H26BrN7O2/c1-13-7-14(2)22-15(8-13)21-23(28)29-12-30-24(21)33(22)11-20(35)34-16(9-26(3)10-17(26)34)25(36)32-19-6-4-5-18(27)31-19/h4-8,12,16-17H,9-11H2,1-3H3,(H2,28,29,30)(H,31,32,36)/t16-,17?,26-/m0/s1. The van der Waals surface area contributed by atoms with Crippen molar-refractivity contribution in [2.24, 2.45) is 5.41 Å². The highest BCUT2D eigenvalue weighted by atomic mass is 79.9. The van der Waals surface area contributed by atoms with Gasteiger partial charge in [-0.1, -0.05) is 24.6 Å². The number of nitrogens with one attached hydrogen (secondary N) is 1. The summed E-state index contributed by atoms with van der Waals surface area (Å²) < 4.78 is 2.55. The molecule has 10 heteroatoms. The molecule has 4 aromatic rings. The number of piperidine rings is 1. The number of benzene rings is 1. The Hall–Kier alpha value is -3.53. The molecule has 1 unspecified atom stereocenters. The van der Waals surface area contributed by atoms with Gasteiger partial charge in [-0.05, 0) is 71.8 Å². The van der Waals surface area contributed by atoms with E-state index in [2.05, 4.69) is 55.3 Å². The summed E-state index contributed by atoms with van der Waals surface area (Å²) in [6.45, 7) is 6.26. The van der Waals surface area contributed by atoms with Gasteiger partial charge >= 0.3 is 0 Å². The van der Waals surface area contributed by atoms with Crippen molar-refractivity contribution in [2.75, 3.05) is 11.1 Å². The molecular formula is C26H26BrN7O2. The molecule has 1 aliphatic carbocycles. The molecule has 2 amide bonds. The van der Waals surface area contributed by atoms with Crippen LogP contribution in [0.2, 0.25) is 0 Å². The second kappa shape index (κ2) is 7.99. The van der Waals surface area contributed by atoms with Crippen molar-refractivity contribution in [1.29, 1.82) is 0 Å². The van der Waals surface area contributed by atoms with E-state index in [1.54, 1.807) is 17.0 Å². The van der Waals surface area contributed by atoms with Gasteiger partial charge in [0.2, 0.25) is 11.8 Å². The summed E-state index contributed by atoms with van der Waals surface area (Å²) in [7, 11) is 0. The van der Waals surface area contributed by atoms with Crippen LogP contribution in [0.25, 0.3) is 21.9 Å². The number of fused-ring (bicyclic) bond motifs is 4. The molecule has 2 fully saturated rings. The number of aryl methyl sites for hydroxylation is 2. The molecule has 4 heterocycles. The van der Waals surface area contributed by atoms with Gasteiger partial charge in [0.1, 0.15) is 40.8 Å². The number of nitrogen functional groups attached to an aromatic ring is 1. The third kappa shape index (κ3) is 3.54. The van der Waals surface area contributed by atoms with Crippen molar-refractivity contribution in [3.05, 3.63) is 52.4 Å². The number of hydrogen-bond donors (Lipinski definition) is 2. The first-order chi connectivity index (χ1) is 17.2. The van der Waals surface area contributed by atoms with Crippen LogP contribution >= 0.6 is 15.9 Å². The average molecular weight is 548 g/mol. The fourth-order valence-corrected chi connectivity index (χ4v) is 6.23. The molecule has 1 saturated carbocycles. The van der Waals surface area contributed by atoms with Crippen LogP contribution in [0.15, 0.2) is 41.3 Å². The lowest BCUT2D eigenvalue weighted by atomic mass is 10.0. The molecule has 184 valence electrons. The number of halogens is 1. The maximum atomic E-state index is 13.9. The first-order valence-electron chi connectivity index (χ1n) is 11.9. The fourth-order valence-electron chi connectivity index (χ4n) is 5.89. The number of pyridine rings is 1. The third-order valence-electron chi connectivity index (χ3n) is 7.58. The molecule has 0 radical (unpaired) electrons. The molecule has 3 N–H and O–H groups in total. The Bertz CT molecular complexity index is 1580. The SMILES string of the molecule is Cc1cc(C)c2c(c1)c1c(N)ncnc1n2CC(=O)N1C2C[C@]2(C)C[C@H]1C(=O)Nc1cccc(Br)n1. The smallest absolute Gasteiger partial charge is 0.248 e. The van der Waals surface area contributed by atoms with Crippen LogP contribution in [0.3, 0.4) is 0 Å². The number of nitrogens with zero attached hydrogens (tertiary/aromatic N) is 5. The van der Waals surface area contributed by atoms with Gasteiger partial charge in [0, 0.05) is 11.4 Å². The van der Waals surface area contributed by atoms with Gasteiger partial charge in [-0.2, -0.15) is 0 Å². The number of anilines is 2. The number of carbonyl (C=O) groups is 2. The second-order valence-electron chi connectivity index (χ2n) is 10.3. The summed E-state index contributed by atoms with van der Waals surface area (Å²) in [5.41, 5.74) is 9.88. The van der Waals surface area contributed by atoms with Crippen molar-refractivity contribution in [3.63, 3.8) is 0 Å². The molecule has 3 aromatic heterocycles. The van der Waals surface area contributed by atoms with Crippen LogP contribution < -0.4 is 11.1 Å². The van der Waals surface area contributed by atoms with Crippen LogP contribution in [-0.4, -0.2) is 48.3 Å². The predicted octanol–water partition coefficient (Wildman–Crippen LogP) is 3.96. The summed E-state index contributed by atoms with van der Waals surface area (Å²) >= 11 is 3.33. The molecule has 36 heavy (non-hydrogen) atoms. The summed E-state index contributed by atoms with van der Waals surface area (Å²) in [5, 5.41) is 4.57. The van der Waals surface area contributed by atoms with Crippen molar-refractivity contribution >= 4 is 61.3 Å². The van der Waals surface area contributed by atoms with E-state index in [4.69, 9.17) is 5.73 Å². The van der Waals surface area contributed by atoms with E-state index in [1.165, 1.54) is 6.33 Å². The molecule has 0 spiro atoms. The minimum atomic E-state index is -0.557. The van der Waals surface area contributed by atoms with E-state index in [1.807, 2.05) is 24.5 Å². The zero-order valence-corrected chi connectivity index (χ0v) is 21.8. The van der Waals surface area contributed by atoms with E-state index in [0.29, 0.717) is 28.3 Å². The lowest BCUT2D eigenvalue weighted by Gasteiger charge is -2.27. The molecule has 1 aliphatic heterocycles. The zero-order valence-electron chi connectivity index (χ0n) is 20.2. The summed E-state index contributed by atoms with van der Waals surface area (Å²) in [4.78, 5) is 42.0. The van der Waals surface area contributed by atoms with Crippen LogP contribution in [-0.2, 0) is 16.1 Å². The summed E-state index contributed by atoms with van der Waals surface area (Å²) in [5.74, 6) is 0.506. The number of hydrogen-bond acceptors (Lipinski definition) is 6. The highest BCUT2D eigenvalue weighted by Gasteiger charge is 2.64. The van der Waals surface area contributed by atoms with Crippen LogP contribution in [0.1, 0.15) is 30.9 Å². The lowest BCUT2D eigenvalue weighted by Crippen LogP contribution is -2.46. The second-order valence-corrected chi connectivity index (χ2v) is 11.1. The van der Waals surface area contributed by atoms with E-state index >= 15 is 0 Å². The largest absolute Gasteiger partial charge is 0.383 e. The predicted molar refractivity (Wildman–Crippen MR) is 141 cm³/mol. The Balaban J connectivity index is 1.37. The van der Waals surface area contributed by atoms with Gasteiger partial charge in [0.15, 0.2) is 0 Å². The topological polar surface area (TPSA) is 119 Å². The van der Waals surface area contributed by atoms with Crippen molar-refractivity contribution in [1.82, 2.24) is 24.4 Å². The zero-order chi connectivity index (χ0) is 25.4. The van der Waals surface area contributed by atoms with E-state index in [9.17, 15) is 9.59 Å². The van der Waals surface area contributed by atoms with Crippen LogP contribution in [0.5, 0.6) is 0 Å². The molecule has 2 aliphatic rings. The Morgan fingerprint density at radius 3 is 2.81 bits per heavy atom. The fraction of sp³-hybridized carbons (Fsp3) is 0.346. The summed E-state index contributed by atoms with van der Waals surface area (Å²) in [6, 6.07) is 8.97. The number of aromatic nitrogens is 4. The van der Waals surface area contributed by atoms with Crippen molar-refractivity contribution in [2.45, 2.75) is 52.2 Å². The van der Waals surface area contributed by atoms with Crippen molar-refractivity contribution in [3.8, 4) is 0 Å². The Morgan fingerprint density at radius 2 is 2.03 bits per heavy atom. The molecule has 3 atom stereocenters. The molecule has 6 rings (SSSR count). The summed E-state index contributed by atoms with van der Waals surface area (Å²) in [6.07, 6.45) is 2.96. The average Bonchev–Trinajstić information content (AvgIpc) is 3.21. The molecule has 0 bridgehead atoms. The van der Waals surface area contributed by atoms with Gasteiger partial charge in [0.25, 0.3) is 0 Å². The van der Waals surface area contributed by atoms with Crippen molar-refractivity contribution < 1.29 is 9.59 Å². The molecule has 1 aromatic carbocycles. The molecular weight excluding hydrogens is 522 g/mol. The van der Waals surface area contributed by atoms with Gasteiger partial charge in [-0.15, -0.1) is 0 Å². The number of amides is 2. The Kier molecular flexibility index (Phi) is 5.08. The molecule has 1 saturated heterocycles. The lowest BCUT2D eigenvalue weighted by molar-refractivity contribution is -0.138. The third-order valence-corrected chi connectivity index (χ3v) is 8.02. The van der Waals surface area contributed by atoms with Gasteiger partial charge < -0.3 is 20.5 Å². The Labute approximate surface area is 216 Å². The monoisotopic (exact) mass is 547 g/mol. The maximum Gasteiger partial charge on any atom is 0.248 e. The van der Waals surface area contributed by atoms with Crippen LogP contribution in [0, 0.1) is 19.3 Å². The van der Waals surface area contributed by atoms with E-state index in [-0.39, 0.29) is 29.8 Å². The van der Waals surface area contributed by atoms with Gasteiger partial charge in [0.05, 0.1) is 10.9 Å². The van der Waals surface area contributed by atoms with E-state index in [0.717, 1.165) is 33.8 Å². The maximum absolute atomic E-state index is 13.9. The minimum absolute atomic E-state index is 0.0389.